The number of hydrogen-bond donors (Lipinski definition) is 2. The van der Waals surface area contributed by atoms with E-state index in [2.05, 4.69) is 26.0 Å². The molecule has 0 aromatic carbocycles. The molecule has 0 heterocycles. The summed E-state index contributed by atoms with van der Waals surface area (Å²) < 4.78 is 33.5. The highest BCUT2D eigenvalue weighted by Crippen LogP contribution is 2.43. The van der Waals surface area contributed by atoms with Crippen molar-refractivity contribution in [2.45, 2.75) is 232 Å². The molecule has 53 heavy (non-hydrogen) atoms. The zero-order chi connectivity index (χ0) is 38.8. The molecule has 0 saturated heterocycles. The van der Waals surface area contributed by atoms with E-state index in [-0.39, 0.29) is 32.3 Å². The number of phosphoric ester groups is 1. The number of carbonyl (C=O) groups excluding carboxylic acids is 1. The fourth-order valence-electron chi connectivity index (χ4n) is 6.58. The monoisotopic (exact) mass is 774 g/mol. The van der Waals surface area contributed by atoms with E-state index >= 15 is 0 Å². The predicted molar refractivity (Wildman–Crippen MR) is 224 cm³/mol. The summed E-state index contributed by atoms with van der Waals surface area (Å²) in [7, 11) is -4.27. The average molecular weight is 774 g/mol. The highest BCUT2D eigenvalue weighted by Gasteiger charge is 2.25. The number of esters is 1. The van der Waals surface area contributed by atoms with Crippen molar-refractivity contribution in [2.75, 3.05) is 33.0 Å². The van der Waals surface area contributed by atoms with Crippen molar-refractivity contribution < 1.29 is 32.8 Å². The van der Waals surface area contributed by atoms with Crippen molar-refractivity contribution in [3.8, 4) is 0 Å². The summed E-state index contributed by atoms with van der Waals surface area (Å²) in [6.07, 6.45) is 45.1. The maximum atomic E-state index is 12.6. The fourth-order valence-corrected chi connectivity index (χ4v) is 7.35. The SMILES string of the molecule is CCCCCCCCC/C=C\CCCCCCCCCC(=O)OC(COCCCCCCCCCCCCCCCCCC)COP(=O)(O)OCCN. The molecule has 0 bridgehead atoms. The normalized spacial score (nSPS) is 13.5. The molecule has 316 valence electrons. The Bertz CT molecular complexity index is 828. The van der Waals surface area contributed by atoms with Crippen LogP contribution in [0.15, 0.2) is 12.2 Å². The molecule has 0 aromatic heterocycles. The summed E-state index contributed by atoms with van der Waals surface area (Å²) >= 11 is 0. The molecule has 9 heteroatoms. The zero-order valence-corrected chi connectivity index (χ0v) is 35.9. The van der Waals surface area contributed by atoms with E-state index in [0.717, 1.165) is 32.1 Å². The van der Waals surface area contributed by atoms with Gasteiger partial charge in [-0.1, -0.05) is 193 Å². The molecular formula is C44H88NO7P. The van der Waals surface area contributed by atoms with E-state index in [1.165, 1.54) is 173 Å². The minimum absolute atomic E-state index is 0.0929. The molecule has 2 unspecified atom stereocenters. The van der Waals surface area contributed by atoms with Gasteiger partial charge in [-0.05, 0) is 38.5 Å². The van der Waals surface area contributed by atoms with Crippen LogP contribution in [-0.2, 0) is 27.9 Å². The molecule has 0 rings (SSSR count). The highest BCUT2D eigenvalue weighted by molar-refractivity contribution is 7.47. The van der Waals surface area contributed by atoms with Gasteiger partial charge in [0.2, 0.25) is 0 Å². The molecule has 0 spiro atoms. The first-order valence-corrected chi connectivity index (χ1v) is 24.2. The second-order valence-electron chi connectivity index (χ2n) is 15.3. The van der Waals surface area contributed by atoms with Crippen molar-refractivity contribution in [1.29, 1.82) is 0 Å². The second-order valence-corrected chi connectivity index (χ2v) is 16.7. The Morgan fingerprint density at radius 1 is 0.547 bits per heavy atom. The van der Waals surface area contributed by atoms with Gasteiger partial charge in [-0.3, -0.25) is 13.8 Å². The van der Waals surface area contributed by atoms with Crippen molar-refractivity contribution in [3.63, 3.8) is 0 Å². The number of nitrogens with two attached hydrogens (primary N) is 1. The largest absolute Gasteiger partial charge is 0.472 e. The molecule has 2 atom stereocenters. The highest BCUT2D eigenvalue weighted by atomic mass is 31.2. The topological polar surface area (TPSA) is 117 Å². The average Bonchev–Trinajstić information content (AvgIpc) is 3.15. The van der Waals surface area contributed by atoms with Crippen LogP contribution in [0.2, 0.25) is 0 Å². The van der Waals surface area contributed by atoms with E-state index in [9.17, 15) is 14.3 Å². The lowest BCUT2D eigenvalue weighted by Crippen LogP contribution is -2.28. The Hall–Kier alpha value is -0.760. The van der Waals surface area contributed by atoms with Gasteiger partial charge in [0.05, 0.1) is 19.8 Å². The molecular weight excluding hydrogens is 685 g/mol. The van der Waals surface area contributed by atoms with Crippen molar-refractivity contribution in [2.24, 2.45) is 5.73 Å². The van der Waals surface area contributed by atoms with Gasteiger partial charge in [-0.2, -0.15) is 0 Å². The number of hydrogen-bond acceptors (Lipinski definition) is 7. The van der Waals surface area contributed by atoms with Gasteiger partial charge in [0.1, 0.15) is 6.10 Å². The van der Waals surface area contributed by atoms with Crippen LogP contribution in [0.4, 0.5) is 0 Å². The first kappa shape index (κ1) is 52.2. The molecule has 0 fully saturated rings. The Balaban J connectivity index is 3.98. The molecule has 0 aliphatic rings. The van der Waals surface area contributed by atoms with Crippen molar-refractivity contribution >= 4 is 13.8 Å². The maximum Gasteiger partial charge on any atom is 0.472 e. The van der Waals surface area contributed by atoms with Crippen LogP contribution in [0.1, 0.15) is 226 Å². The van der Waals surface area contributed by atoms with Crippen molar-refractivity contribution in [3.05, 3.63) is 12.2 Å². The summed E-state index contributed by atoms with van der Waals surface area (Å²) in [5, 5.41) is 0. The Morgan fingerprint density at radius 3 is 1.38 bits per heavy atom. The minimum atomic E-state index is -4.27. The van der Waals surface area contributed by atoms with Gasteiger partial charge >= 0.3 is 13.8 Å². The minimum Gasteiger partial charge on any atom is -0.457 e. The smallest absolute Gasteiger partial charge is 0.457 e. The third-order valence-corrected chi connectivity index (χ3v) is 10.9. The fraction of sp³-hybridized carbons (Fsp3) is 0.932. The number of rotatable bonds is 44. The zero-order valence-electron chi connectivity index (χ0n) is 35.0. The lowest BCUT2D eigenvalue weighted by Gasteiger charge is -2.20. The second kappa shape index (κ2) is 42.4. The lowest BCUT2D eigenvalue weighted by atomic mass is 10.0. The Morgan fingerprint density at radius 2 is 0.943 bits per heavy atom. The van der Waals surface area contributed by atoms with Crippen LogP contribution in [0.5, 0.6) is 0 Å². The Labute approximate surface area is 328 Å². The number of allylic oxidation sites excluding steroid dienone is 2. The summed E-state index contributed by atoms with van der Waals surface area (Å²) in [5.74, 6) is -0.330. The van der Waals surface area contributed by atoms with E-state index < -0.39 is 13.9 Å². The third kappa shape index (κ3) is 42.2. The van der Waals surface area contributed by atoms with Crippen LogP contribution < -0.4 is 5.73 Å². The van der Waals surface area contributed by atoms with Crippen LogP contribution >= 0.6 is 7.82 Å². The van der Waals surface area contributed by atoms with E-state index in [0.29, 0.717) is 13.0 Å². The van der Waals surface area contributed by atoms with Crippen LogP contribution in [-0.4, -0.2) is 49.9 Å². The lowest BCUT2D eigenvalue weighted by molar-refractivity contribution is -0.154. The first-order chi connectivity index (χ1) is 25.9. The Kier molecular flexibility index (Phi) is 41.8. The molecule has 8 nitrogen and oxygen atoms in total. The summed E-state index contributed by atoms with van der Waals surface area (Å²) in [4.78, 5) is 22.5. The van der Waals surface area contributed by atoms with E-state index in [4.69, 9.17) is 24.3 Å². The standard InChI is InChI=1S/C44H88NO7P/c1-3-5-7-9-11-13-15-17-19-21-22-23-25-27-29-31-33-35-37-44(46)52-43(42-51-53(47,48)50-40-38-45)41-49-39-36-34-32-30-28-26-24-20-18-16-14-12-10-8-6-4-2/h19,21,43H,3-18,20,22-42,45H2,1-2H3,(H,47,48)/b21-19-. The van der Waals surface area contributed by atoms with E-state index in [1.807, 2.05) is 0 Å². The van der Waals surface area contributed by atoms with Crippen LogP contribution in [0.3, 0.4) is 0 Å². The summed E-state index contributed by atoms with van der Waals surface area (Å²) in [6, 6.07) is 0. The van der Waals surface area contributed by atoms with Gasteiger partial charge in [0.25, 0.3) is 0 Å². The van der Waals surface area contributed by atoms with Gasteiger partial charge in [0, 0.05) is 19.6 Å². The number of ether oxygens (including phenoxy) is 2. The van der Waals surface area contributed by atoms with Crippen LogP contribution in [0.25, 0.3) is 0 Å². The van der Waals surface area contributed by atoms with Gasteiger partial charge in [-0.15, -0.1) is 0 Å². The third-order valence-electron chi connectivity index (χ3n) is 9.93. The number of phosphoric acid groups is 1. The first-order valence-electron chi connectivity index (χ1n) is 22.7. The number of carbonyl (C=O) groups is 1. The van der Waals surface area contributed by atoms with Gasteiger partial charge in [-0.25, -0.2) is 4.57 Å². The van der Waals surface area contributed by atoms with Crippen molar-refractivity contribution in [1.82, 2.24) is 0 Å². The van der Waals surface area contributed by atoms with E-state index in [1.54, 1.807) is 0 Å². The summed E-state index contributed by atoms with van der Waals surface area (Å²) in [5.41, 5.74) is 5.37. The molecule has 0 radical (unpaired) electrons. The van der Waals surface area contributed by atoms with Gasteiger partial charge < -0.3 is 20.1 Å². The molecule has 0 aliphatic heterocycles. The number of unbranched alkanes of at least 4 members (excludes halogenated alkanes) is 29. The predicted octanol–water partition coefficient (Wildman–Crippen LogP) is 13.5. The quantitative estimate of drug-likeness (QED) is 0.0272. The molecule has 3 N–H and O–H groups in total. The molecule has 0 aromatic rings. The molecule has 0 saturated carbocycles. The van der Waals surface area contributed by atoms with Crippen LogP contribution in [0, 0.1) is 0 Å². The molecule has 0 amide bonds. The van der Waals surface area contributed by atoms with Gasteiger partial charge in [0.15, 0.2) is 0 Å². The maximum absolute atomic E-state index is 12.6. The molecule has 0 aliphatic carbocycles. The summed E-state index contributed by atoms with van der Waals surface area (Å²) in [6.45, 7) is 4.96.